The molecule has 0 saturated carbocycles. The van der Waals surface area contributed by atoms with Crippen molar-refractivity contribution >= 4 is 21.9 Å². The Labute approximate surface area is 95.9 Å². The molecule has 1 saturated heterocycles. The number of halogens is 1. The normalized spacial score (nSPS) is 28.2. The molecule has 0 aromatic heterocycles. The summed E-state index contributed by atoms with van der Waals surface area (Å²) in [5, 5.41) is 3.24. The molecule has 3 nitrogen and oxygen atoms in total. The zero-order valence-corrected chi connectivity index (χ0v) is 9.63. The second kappa shape index (κ2) is 3.06. The number of esters is 1. The maximum absolute atomic E-state index is 11.7. The summed E-state index contributed by atoms with van der Waals surface area (Å²) < 4.78 is 6.50. The van der Waals surface area contributed by atoms with Gasteiger partial charge in [-0.15, -0.1) is 0 Å². The number of ether oxygens (including phenoxy) is 1. The van der Waals surface area contributed by atoms with Gasteiger partial charge in [-0.1, -0.05) is 15.9 Å². The van der Waals surface area contributed by atoms with Gasteiger partial charge < -0.3 is 10.1 Å². The molecule has 2 aliphatic rings. The number of hydrogen-bond donors (Lipinski definition) is 1. The minimum absolute atomic E-state index is 0.193. The van der Waals surface area contributed by atoms with Gasteiger partial charge in [0.15, 0.2) is 5.60 Å². The predicted molar refractivity (Wildman–Crippen MR) is 58.7 cm³/mol. The minimum Gasteiger partial charge on any atom is -0.449 e. The molecule has 1 N–H and O–H groups in total. The Hall–Kier alpha value is -0.870. The lowest BCUT2D eigenvalue weighted by atomic mass is 9.92. The monoisotopic (exact) mass is 267 g/mol. The summed E-state index contributed by atoms with van der Waals surface area (Å²) in [5.74, 6) is -0.193. The molecule has 1 spiro atoms. The third-order valence-electron chi connectivity index (χ3n) is 3.10. The SMILES string of the molecule is O=C1OC2(CCNC2)c2cc(Br)ccc21. The highest BCUT2D eigenvalue weighted by Gasteiger charge is 2.47. The van der Waals surface area contributed by atoms with E-state index < -0.39 is 5.60 Å². The molecule has 0 amide bonds. The molecule has 1 aromatic carbocycles. The molecule has 1 unspecified atom stereocenters. The number of nitrogens with one attached hydrogen (secondary N) is 1. The van der Waals surface area contributed by atoms with Crippen molar-refractivity contribution in [3.63, 3.8) is 0 Å². The van der Waals surface area contributed by atoms with Gasteiger partial charge in [0, 0.05) is 23.0 Å². The number of rotatable bonds is 0. The van der Waals surface area contributed by atoms with Crippen LogP contribution in [0.25, 0.3) is 0 Å². The third kappa shape index (κ3) is 1.25. The smallest absolute Gasteiger partial charge is 0.339 e. The molecular formula is C11H10BrNO2. The van der Waals surface area contributed by atoms with E-state index in [1.807, 2.05) is 18.2 Å². The molecular weight excluding hydrogens is 258 g/mol. The van der Waals surface area contributed by atoms with Crippen molar-refractivity contribution in [1.82, 2.24) is 5.32 Å². The maximum atomic E-state index is 11.7. The molecule has 1 aromatic rings. The number of fused-ring (bicyclic) bond motifs is 2. The summed E-state index contributed by atoms with van der Waals surface area (Å²) in [6, 6.07) is 5.70. The molecule has 0 radical (unpaired) electrons. The molecule has 0 bridgehead atoms. The second-order valence-electron chi connectivity index (χ2n) is 4.00. The van der Waals surface area contributed by atoms with Gasteiger partial charge in [-0.25, -0.2) is 4.79 Å². The molecule has 2 heterocycles. The van der Waals surface area contributed by atoms with Crippen LogP contribution in [0, 0.1) is 0 Å². The summed E-state index contributed by atoms with van der Waals surface area (Å²) in [6.45, 7) is 1.63. The summed E-state index contributed by atoms with van der Waals surface area (Å²) in [7, 11) is 0. The first-order valence-electron chi connectivity index (χ1n) is 4.95. The molecule has 1 fully saturated rings. The lowest BCUT2D eigenvalue weighted by molar-refractivity contribution is 0.00163. The van der Waals surface area contributed by atoms with Gasteiger partial charge in [-0.2, -0.15) is 0 Å². The zero-order chi connectivity index (χ0) is 10.5. The minimum atomic E-state index is -0.407. The van der Waals surface area contributed by atoms with E-state index in [2.05, 4.69) is 21.2 Å². The summed E-state index contributed by atoms with van der Waals surface area (Å²) >= 11 is 3.43. The molecule has 78 valence electrons. The van der Waals surface area contributed by atoms with Crippen LogP contribution in [0.4, 0.5) is 0 Å². The average molecular weight is 268 g/mol. The van der Waals surface area contributed by atoms with Gasteiger partial charge in [0.05, 0.1) is 5.56 Å². The van der Waals surface area contributed by atoms with Crippen molar-refractivity contribution in [3.05, 3.63) is 33.8 Å². The van der Waals surface area contributed by atoms with Crippen LogP contribution in [0.15, 0.2) is 22.7 Å². The summed E-state index contributed by atoms with van der Waals surface area (Å²) in [4.78, 5) is 11.7. The Bertz CT molecular complexity index is 438. The standard InChI is InChI=1S/C11H10BrNO2/c12-7-1-2-8-9(5-7)11(15-10(8)14)3-4-13-6-11/h1-2,5,13H,3-4,6H2. The lowest BCUT2D eigenvalue weighted by Gasteiger charge is -2.21. The fourth-order valence-electron chi connectivity index (χ4n) is 2.34. The molecule has 15 heavy (non-hydrogen) atoms. The Balaban J connectivity index is 2.19. The van der Waals surface area contributed by atoms with Crippen molar-refractivity contribution < 1.29 is 9.53 Å². The second-order valence-corrected chi connectivity index (χ2v) is 4.92. The number of benzene rings is 1. The third-order valence-corrected chi connectivity index (χ3v) is 3.59. The Morgan fingerprint density at radius 2 is 2.33 bits per heavy atom. The highest BCUT2D eigenvalue weighted by Crippen LogP contribution is 2.41. The van der Waals surface area contributed by atoms with Crippen LogP contribution in [0.1, 0.15) is 22.3 Å². The van der Waals surface area contributed by atoms with Crippen molar-refractivity contribution in [2.75, 3.05) is 13.1 Å². The van der Waals surface area contributed by atoms with E-state index in [-0.39, 0.29) is 5.97 Å². The molecule has 0 aliphatic carbocycles. The lowest BCUT2D eigenvalue weighted by Crippen LogP contribution is -2.28. The first kappa shape index (κ1) is 9.36. The zero-order valence-electron chi connectivity index (χ0n) is 8.05. The van der Waals surface area contributed by atoms with Gasteiger partial charge in [0.1, 0.15) is 0 Å². The first-order chi connectivity index (χ1) is 7.21. The number of carbonyl (C=O) groups excluding carboxylic acids is 1. The average Bonchev–Trinajstić information content (AvgIpc) is 2.76. The van der Waals surface area contributed by atoms with E-state index in [9.17, 15) is 4.79 Å². The van der Waals surface area contributed by atoms with E-state index in [1.165, 1.54) is 0 Å². The topological polar surface area (TPSA) is 38.3 Å². The van der Waals surface area contributed by atoms with Crippen LogP contribution in [-0.2, 0) is 10.3 Å². The van der Waals surface area contributed by atoms with E-state index in [1.54, 1.807) is 0 Å². The summed E-state index contributed by atoms with van der Waals surface area (Å²) in [5.41, 5.74) is 1.32. The van der Waals surface area contributed by atoms with Crippen molar-refractivity contribution in [2.24, 2.45) is 0 Å². The Morgan fingerprint density at radius 1 is 1.47 bits per heavy atom. The van der Waals surface area contributed by atoms with Crippen molar-refractivity contribution in [2.45, 2.75) is 12.0 Å². The molecule has 1 atom stereocenters. The maximum Gasteiger partial charge on any atom is 0.339 e. The molecule has 4 heteroatoms. The Morgan fingerprint density at radius 3 is 3.07 bits per heavy atom. The van der Waals surface area contributed by atoms with Crippen LogP contribution in [0.2, 0.25) is 0 Å². The van der Waals surface area contributed by atoms with Crippen molar-refractivity contribution in [3.8, 4) is 0 Å². The van der Waals surface area contributed by atoms with Crippen LogP contribution in [0.5, 0.6) is 0 Å². The van der Waals surface area contributed by atoms with E-state index in [4.69, 9.17) is 4.74 Å². The molecule has 3 rings (SSSR count). The van der Waals surface area contributed by atoms with Gasteiger partial charge in [-0.3, -0.25) is 0 Å². The highest BCUT2D eigenvalue weighted by molar-refractivity contribution is 9.10. The quantitative estimate of drug-likeness (QED) is 0.729. The van der Waals surface area contributed by atoms with Crippen LogP contribution >= 0.6 is 15.9 Å². The number of carbonyl (C=O) groups is 1. The van der Waals surface area contributed by atoms with Crippen LogP contribution < -0.4 is 5.32 Å². The van der Waals surface area contributed by atoms with Crippen LogP contribution in [-0.4, -0.2) is 19.1 Å². The fourth-order valence-corrected chi connectivity index (χ4v) is 2.71. The highest BCUT2D eigenvalue weighted by atomic mass is 79.9. The van der Waals surface area contributed by atoms with Gasteiger partial charge in [0.25, 0.3) is 0 Å². The van der Waals surface area contributed by atoms with E-state index in [0.29, 0.717) is 5.56 Å². The van der Waals surface area contributed by atoms with E-state index >= 15 is 0 Å². The van der Waals surface area contributed by atoms with Gasteiger partial charge in [0.2, 0.25) is 0 Å². The Kier molecular flexibility index (Phi) is 1.91. The largest absolute Gasteiger partial charge is 0.449 e. The number of hydrogen-bond acceptors (Lipinski definition) is 3. The summed E-state index contributed by atoms with van der Waals surface area (Å²) in [6.07, 6.45) is 0.863. The molecule has 2 aliphatic heterocycles. The van der Waals surface area contributed by atoms with Gasteiger partial charge in [-0.05, 0) is 24.7 Å². The predicted octanol–water partition coefficient (Wildman–Crippen LogP) is 1.81. The van der Waals surface area contributed by atoms with Crippen LogP contribution in [0.3, 0.4) is 0 Å². The van der Waals surface area contributed by atoms with E-state index in [0.717, 1.165) is 29.5 Å². The van der Waals surface area contributed by atoms with Gasteiger partial charge >= 0.3 is 5.97 Å². The van der Waals surface area contributed by atoms with Crippen molar-refractivity contribution in [1.29, 1.82) is 0 Å². The first-order valence-corrected chi connectivity index (χ1v) is 5.75. The fraction of sp³-hybridized carbons (Fsp3) is 0.364.